The number of hydrogen-bond donors (Lipinski definition) is 1. The van der Waals surface area contributed by atoms with Gasteiger partial charge in [-0.25, -0.2) is 4.39 Å². The van der Waals surface area contributed by atoms with Gasteiger partial charge in [-0.3, -0.25) is 0 Å². The molecule has 1 heterocycles. The van der Waals surface area contributed by atoms with Crippen molar-refractivity contribution in [1.82, 2.24) is 0 Å². The molecule has 0 aliphatic carbocycles. The molecule has 3 heteroatoms. The van der Waals surface area contributed by atoms with Gasteiger partial charge in [0, 0.05) is 11.3 Å². The molecule has 1 aliphatic rings. The summed E-state index contributed by atoms with van der Waals surface area (Å²) in [7, 11) is 0. The zero-order valence-corrected chi connectivity index (χ0v) is 11.1. The van der Waals surface area contributed by atoms with E-state index in [1.165, 1.54) is 31.1 Å². The Morgan fingerprint density at radius 2 is 2.29 bits per heavy atom. The molecule has 1 aliphatic heterocycles. The molecule has 0 saturated carbocycles. The Kier molecular flexibility index (Phi) is 4.46. The van der Waals surface area contributed by atoms with Gasteiger partial charge < -0.3 is 5.73 Å². The Morgan fingerprint density at radius 3 is 3.00 bits per heavy atom. The second-order valence-corrected chi connectivity index (χ2v) is 6.19. The van der Waals surface area contributed by atoms with Crippen LogP contribution in [0.1, 0.15) is 30.4 Å². The van der Waals surface area contributed by atoms with Crippen molar-refractivity contribution >= 4 is 11.8 Å². The van der Waals surface area contributed by atoms with Crippen LogP contribution in [-0.2, 0) is 6.42 Å². The van der Waals surface area contributed by atoms with E-state index in [1.54, 1.807) is 6.07 Å². The molecule has 1 fully saturated rings. The average Bonchev–Trinajstić information content (AvgIpc) is 2.35. The van der Waals surface area contributed by atoms with E-state index in [0.29, 0.717) is 5.25 Å². The van der Waals surface area contributed by atoms with E-state index < -0.39 is 0 Å². The third kappa shape index (κ3) is 3.46. The minimum absolute atomic E-state index is 0.154. The predicted molar refractivity (Wildman–Crippen MR) is 72.9 cm³/mol. The van der Waals surface area contributed by atoms with Crippen LogP contribution < -0.4 is 5.73 Å². The van der Waals surface area contributed by atoms with Crippen LogP contribution >= 0.6 is 11.8 Å². The topological polar surface area (TPSA) is 26.0 Å². The summed E-state index contributed by atoms with van der Waals surface area (Å²) in [5, 5.41) is 0.548. The van der Waals surface area contributed by atoms with E-state index in [9.17, 15) is 4.39 Å². The van der Waals surface area contributed by atoms with Crippen molar-refractivity contribution in [1.29, 1.82) is 0 Å². The van der Waals surface area contributed by atoms with Gasteiger partial charge in [0.25, 0.3) is 0 Å². The lowest BCUT2D eigenvalue weighted by atomic mass is 9.97. The molecule has 1 saturated heterocycles. The summed E-state index contributed by atoms with van der Waals surface area (Å²) >= 11 is 1.98. The van der Waals surface area contributed by atoms with Gasteiger partial charge in [-0.2, -0.15) is 11.8 Å². The summed E-state index contributed by atoms with van der Waals surface area (Å²) in [6, 6.07) is 5.13. The van der Waals surface area contributed by atoms with Crippen molar-refractivity contribution in [2.75, 3.05) is 5.75 Å². The molecule has 1 nitrogen and oxygen atoms in total. The average molecular weight is 253 g/mol. The molecule has 0 bridgehead atoms. The first-order chi connectivity index (χ1) is 8.16. The van der Waals surface area contributed by atoms with Crippen LogP contribution in [0.15, 0.2) is 18.2 Å². The second-order valence-electron chi connectivity index (χ2n) is 4.84. The molecule has 0 radical (unpaired) electrons. The highest BCUT2D eigenvalue weighted by Gasteiger charge is 2.21. The molecule has 2 atom stereocenters. The molecular weight excluding hydrogens is 233 g/mol. The molecule has 0 aromatic heterocycles. The fraction of sp³-hybridized carbons (Fsp3) is 0.571. The fourth-order valence-corrected chi connectivity index (χ4v) is 3.70. The van der Waals surface area contributed by atoms with Gasteiger partial charge in [-0.05, 0) is 55.2 Å². The molecule has 1 aromatic carbocycles. The maximum Gasteiger partial charge on any atom is 0.123 e. The van der Waals surface area contributed by atoms with E-state index >= 15 is 0 Å². The Morgan fingerprint density at radius 1 is 1.47 bits per heavy atom. The lowest BCUT2D eigenvalue weighted by Crippen LogP contribution is -2.36. The van der Waals surface area contributed by atoms with Gasteiger partial charge >= 0.3 is 0 Å². The van der Waals surface area contributed by atoms with Gasteiger partial charge in [-0.15, -0.1) is 0 Å². The number of halogens is 1. The summed E-state index contributed by atoms with van der Waals surface area (Å²) in [5.41, 5.74) is 8.46. The van der Waals surface area contributed by atoms with Gasteiger partial charge in [0.05, 0.1) is 0 Å². The van der Waals surface area contributed by atoms with Crippen LogP contribution in [-0.4, -0.2) is 17.0 Å². The lowest BCUT2D eigenvalue weighted by Gasteiger charge is -2.27. The minimum atomic E-state index is -0.158. The summed E-state index contributed by atoms with van der Waals surface area (Å²) in [6.45, 7) is 2.02. The maximum atomic E-state index is 13.2. The molecule has 94 valence electrons. The quantitative estimate of drug-likeness (QED) is 0.894. The Hall–Kier alpha value is -0.540. The van der Waals surface area contributed by atoms with Crippen LogP contribution in [0.5, 0.6) is 0 Å². The molecule has 0 amide bonds. The third-order valence-corrected chi connectivity index (χ3v) is 5.00. The standard InChI is InChI=1S/C14H20FNS/c1-10-5-6-12(15)8-11(10)9-13(16)14-4-2-3-7-17-14/h5-6,8,13-14H,2-4,7,9,16H2,1H3. The Bertz CT molecular complexity index is 374. The van der Waals surface area contributed by atoms with Crippen LogP contribution in [0.4, 0.5) is 4.39 Å². The molecule has 2 unspecified atom stereocenters. The highest BCUT2D eigenvalue weighted by Crippen LogP contribution is 2.28. The summed E-state index contributed by atoms with van der Waals surface area (Å²) < 4.78 is 13.2. The van der Waals surface area contributed by atoms with Crippen molar-refractivity contribution in [2.45, 2.75) is 43.9 Å². The highest BCUT2D eigenvalue weighted by atomic mass is 32.2. The second kappa shape index (κ2) is 5.87. The molecule has 2 rings (SSSR count). The normalized spacial score (nSPS) is 22.4. The number of thioether (sulfide) groups is 1. The first kappa shape index (κ1) is 12.9. The van der Waals surface area contributed by atoms with Crippen LogP contribution in [0.2, 0.25) is 0 Å². The van der Waals surface area contributed by atoms with E-state index in [1.807, 2.05) is 24.8 Å². The molecule has 0 spiro atoms. The minimum Gasteiger partial charge on any atom is -0.326 e. The van der Waals surface area contributed by atoms with Crippen molar-refractivity contribution in [3.05, 3.63) is 35.1 Å². The molecule has 1 aromatic rings. The van der Waals surface area contributed by atoms with Crippen molar-refractivity contribution in [3.8, 4) is 0 Å². The predicted octanol–water partition coefficient (Wildman–Crippen LogP) is 3.29. The van der Waals surface area contributed by atoms with E-state index in [-0.39, 0.29) is 11.9 Å². The van der Waals surface area contributed by atoms with E-state index in [2.05, 4.69) is 0 Å². The first-order valence-electron chi connectivity index (χ1n) is 6.29. The van der Waals surface area contributed by atoms with Gasteiger partial charge in [0.1, 0.15) is 5.82 Å². The molecular formula is C14H20FNS. The van der Waals surface area contributed by atoms with Gasteiger partial charge in [0.2, 0.25) is 0 Å². The summed E-state index contributed by atoms with van der Waals surface area (Å²) in [6.07, 6.45) is 4.60. The summed E-state index contributed by atoms with van der Waals surface area (Å²) in [5.74, 6) is 1.06. The lowest BCUT2D eigenvalue weighted by molar-refractivity contribution is 0.556. The number of rotatable bonds is 3. The number of aryl methyl sites for hydroxylation is 1. The van der Waals surface area contributed by atoms with Crippen molar-refractivity contribution in [3.63, 3.8) is 0 Å². The molecule has 2 N–H and O–H groups in total. The van der Waals surface area contributed by atoms with Gasteiger partial charge in [0.15, 0.2) is 0 Å². The third-order valence-electron chi connectivity index (χ3n) is 3.46. The van der Waals surface area contributed by atoms with Gasteiger partial charge in [-0.1, -0.05) is 12.5 Å². The van der Waals surface area contributed by atoms with Crippen LogP contribution in [0, 0.1) is 12.7 Å². The SMILES string of the molecule is Cc1ccc(F)cc1CC(N)C1CCCCS1. The number of benzene rings is 1. The smallest absolute Gasteiger partial charge is 0.123 e. The van der Waals surface area contributed by atoms with Crippen molar-refractivity contribution < 1.29 is 4.39 Å². The van der Waals surface area contributed by atoms with Crippen molar-refractivity contribution in [2.24, 2.45) is 5.73 Å². The van der Waals surface area contributed by atoms with Crippen LogP contribution in [0.25, 0.3) is 0 Å². The van der Waals surface area contributed by atoms with E-state index in [4.69, 9.17) is 5.73 Å². The van der Waals surface area contributed by atoms with Crippen LogP contribution in [0.3, 0.4) is 0 Å². The number of nitrogens with two attached hydrogens (primary N) is 1. The Labute approximate surface area is 107 Å². The zero-order valence-electron chi connectivity index (χ0n) is 10.3. The Balaban J connectivity index is 2.01. The number of hydrogen-bond acceptors (Lipinski definition) is 2. The van der Waals surface area contributed by atoms with E-state index in [0.717, 1.165) is 17.5 Å². The monoisotopic (exact) mass is 253 g/mol. The first-order valence-corrected chi connectivity index (χ1v) is 7.34. The largest absolute Gasteiger partial charge is 0.326 e. The summed E-state index contributed by atoms with van der Waals surface area (Å²) in [4.78, 5) is 0. The molecule has 17 heavy (non-hydrogen) atoms. The maximum absolute atomic E-state index is 13.2. The fourth-order valence-electron chi connectivity index (χ4n) is 2.35. The zero-order chi connectivity index (χ0) is 12.3. The highest BCUT2D eigenvalue weighted by molar-refractivity contribution is 8.00.